The number of sulfonamides is 1. The molecule has 2 rings (SSSR count). The second kappa shape index (κ2) is 5.06. The summed E-state index contributed by atoms with van der Waals surface area (Å²) in [4.78, 5) is 11.8. The van der Waals surface area contributed by atoms with Crippen LogP contribution in [-0.2, 0) is 14.8 Å². The fraction of sp³-hybridized carbons (Fsp3) is 0.917. The van der Waals surface area contributed by atoms with Crippen LogP contribution in [0.4, 0.5) is 0 Å². The highest BCUT2D eigenvalue weighted by Crippen LogP contribution is 2.33. The molecule has 17 heavy (non-hydrogen) atoms. The minimum absolute atomic E-state index is 0.240. The van der Waals surface area contributed by atoms with E-state index in [1.807, 2.05) is 0 Å². The van der Waals surface area contributed by atoms with Gasteiger partial charge in [-0.3, -0.25) is 4.79 Å². The Hall–Kier alpha value is -0.420. The van der Waals surface area contributed by atoms with E-state index >= 15 is 0 Å². The van der Waals surface area contributed by atoms with Gasteiger partial charge in [-0.1, -0.05) is 0 Å². The van der Waals surface area contributed by atoms with Crippen molar-refractivity contribution in [3.63, 3.8) is 0 Å². The van der Waals surface area contributed by atoms with Crippen molar-refractivity contribution in [2.24, 2.45) is 11.8 Å². The highest BCUT2D eigenvalue weighted by Gasteiger charge is 2.29. The highest BCUT2D eigenvalue weighted by atomic mass is 32.2. The topological polar surface area (TPSA) is 54.5 Å². The van der Waals surface area contributed by atoms with Crippen LogP contribution in [0.2, 0.25) is 0 Å². The predicted molar refractivity (Wildman–Crippen MR) is 66.1 cm³/mol. The van der Waals surface area contributed by atoms with Gasteiger partial charge in [-0.05, 0) is 37.5 Å². The molecule has 4 nitrogen and oxygen atoms in total. The third-order valence-electron chi connectivity index (χ3n) is 3.68. The maximum atomic E-state index is 11.8. The van der Waals surface area contributed by atoms with Crippen molar-refractivity contribution in [3.8, 4) is 0 Å². The normalized spacial score (nSPS) is 27.0. The molecule has 1 unspecified atom stereocenters. The summed E-state index contributed by atoms with van der Waals surface area (Å²) in [5.41, 5.74) is 0. The largest absolute Gasteiger partial charge is 0.300 e. The molecule has 2 fully saturated rings. The van der Waals surface area contributed by atoms with Gasteiger partial charge in [0, 0.05) is 25.9 Å². The van der Waals surface area contributed by atoms with E-state index in [2.05, 4.69) is 0 Å². The monoisotopic (exact) mass is 259 g/mol. The van der Waals surface area contributed by atoms with Gasteiger partial charge in [-0.2, -0.15) is 0 Å². The van der Waals surface area contributed by atoms with Gasteiger partial charge in [0.05, 0.1) is 6.26 Å². The fourth-order valence-electron chi connectivity index (χ4n) is 2.54. The Morgan fingerprint density at radius 1 is 1.18 bits per heavy atom. The van der Waals surface area contributed by atoms with Gasteiger partial charge in [-0.15, -0.1) is 0 Å². The Labute approximate surface area is 103 Å². The number of Topliss-reactive ketones (excluding diaryl/α,β-unsaturated/α-hetero) is 1. The predicted octanol–water partition coefficient (Wildman–Crippen LogP) is 1.42. The molecular weight excluding hydrogens is 238 g/mol. The van der Waals surface area contributed by atoms with Crippen molar-refractivity contribution in [1.82, 2.24) is 4.31 Å². The molecule has 1 aliphatic carbocycles. The van der Waals surface area contributed by atoms with Gasteiger partial charge >= 0.3 is 0 Å². The summed E-state index contributed by atoms with van der Waals surface area (Å²) in [5.74, 6) is 1.20. The van der Waals surface area contributed by atoms with Crippen LogP contribution in [0, 0.1) is 11.8 Å². The van der Waals surface area contributed by atoms with E-state index in [1.165, 1.54) is 23.4 Å². The summed E-state index contributed by atoms with van der Waals surface area (Å²) in [5, 5.41) is 0. The summed E-state index contributed by atoms with van der Waals surface area (Å²) >= 11 is 0. The molecule has 0 aromatic heterocycles. The van der Waals surface area contributed by atoms with Crippen LogP contribution in [0.15, 0.2) is 0 Å². The molecule has 1 atom stereocenters. The molecule has 98 valence electrons. The average molecular weight is 259 g/mol. The zero-order chi connectivity index (χ0) is 12.5. The molecule has 0 radical (unpaired) electrons. The number of ketones is 1. The second-order valence-electron chi connectivity index (χ2n) is 5.52. The number of nitrogens with zero attached hydrogens (tertiary/aromatic N) is 1. The molecule has 1 aliphatic heterocycles. The van der Waals surface area contributed by atoms with E-state index in [1.54, 1.807) is 0 Å². The second-order valence-corrected chi connectivity index (χ2v) is 7.50. The number of piperidine rings is 1. The van der Waals surface area contributed by atoms with Gasteiger partial charge in [0.15, 0.2) is 0 Å². The van der Waals surface area contributed by atoms with Crippen molar-refractivity contribution in [2.75, 3.05) is 19.3 Å². The molecule has 0 bridgehead atoms. The van der Waals surface area contributed by atoms with Crippen LogP contribution in [-0.4, -0.2) is 37.9 Å². The van der Waals surface area contributed by atoms with Gasteiger partial charge in [0.2, 0.25) is 10.0 Å². The zero-order valence-corrected chi connectivity index (χ0v) is 11.2. The Morgan fingerprint density at radius 2 is 1.82 bits per heavy atom. The first-order chi connectivity index (χ1) is 7.95. The van der Waals surface area contributed by atoms with Crippen molar-refractivity contribution in [3.05, 3.63) is 0 Å². The molecule has 1 saturated heterocycles. The van der Waals surface area contributed by atoms with E-state index < -0.39 is 10.0 Å². The van der Waals surface area contributed by atoms with E-state index in [0.717, 1.165) is 19.3 Å². The fourth-order valence-corrected chi connectivity index (χ4v) is 3.49. The lowest BCUT2D eigenvalue weighted by molar-refractivity contribution is -0.120. The molecule has 0 aromatic carbocycles. The number of hydrogen-bond donors (Lipinski definition) is 0. The van der Waals surface area contributed by atoms with Crippen LogP contribution in [0.5, 0.6) is 0 Å². The average Bonchev–Trinajstić information content (AvgIpc) is 3.00. The van der Waals surface area contributed by atoms with Crippen molar-refractivity contribution >= 4 is 15.8 Å². The van der Waals surface area contributed by atoms with Crippen LogP contribution in [0.3, 0.4) is 0 Å². The van der Waals surface area contributed by atoms with Gasteiger partial charge in [0.25, 0.3) is 0 Å². The highest BCUT2D eigenvalue weighted by molar-refractivity contribution is 7.88. The summed E-state index contributed by atoms with van der Waals surface area (Å²) in [6, 6.07) is 0. The van der Waals surface area contributed by atoms with E-state index in [0.29, 0.717) is 31.2 Å². The van der Waals surface area contributed by atoms with Crippen LogP contribution >= 0.6 is 0 Å². The molecule has 1 saturated carbocycles. The Balaban J connectivity index is 1.82. The Morgan fingerprint density at radius 3 is 2.41 bits per heavy atom. The van der Waals surface area contributed by atoms with Crippen molar-refractivity contribution in [2.45, 2.75) is 38.5 Å². The standard InChI is InChI=1S/C12H21NO3S/c1-17(15,16)13-6-2-3-11(9-13)8-12(14)7-10-4-5-10/h10-11H,2-9H2,1H3. The van der Waals surface area contributed by atoms with Gasteiger partial charge < -0.3 is 0 Å². The third kappa shape index (κ3) is 4.07. The van der Waals surface area contributed by atoms with E-state index in [-0.39, 0.29) is 5.92 Å². The molecule has 0 amide bonds. The van der Waals surface area contributed by atoms with Gasteiger partial charge in [-0.25, -0.2) is 12.7 Å². The summed E-state index contributed by atoms with van der Waals surface area (Å²) < 4.78 is 24.4. The summed E-state index contributed by atoms with van der Waals surface area (Å²) in [6.07, 6.45) is 6.81. The van der Waals surface area contributed by atoms with Crippen LogP contribution in [0.1, 0.15) is 38.5 Å². The molecular formula is C12H21NO3S. The minimum atomic E-state index is -3.08. The van der Waals surface area contributed by atoms with Gasteiger partial charge in [0.1, 0.15) is 5.78 Å². The van der Waals surface area contributed by atoms with E-state index in [4.69, 9.17) is 0 Å². The third-order valence-corrected chi connectivity index (χ3v) is 4.95. The van der Waals surface area contributed by atoms with Crippen LogP contribution in [0.25, 0.3) is 0 Å². The van der Waals surface area contributed by atoms with Crippen molar-refractivity contribution < 1.29 is 13.2 Å². The smallest absolute Gasteiger partial charge is 0.211 e. The zero-order valence-electron chi connectivity index (χ0n) is 10.4. The molecule has 5 heteroatoms. The lowest BCUT2D eigenvalue weighted by atomic mass is 9.93. The lowest BCUT2D eigenvalue weighted by Gasteiger charge is -2.30. The molecule has 0 aromatic rings. The maximum Gasteiger partial charge on any atom is 0.211 e. The first-order valence-corrected chi connectivity index (χ1v) is 8.27. The quantitative estimate of drug-likeness (QED) is 0.750. The summed E-state index contributed by atoms with van der Waals surface area (Å²) in [6.45, 7) is 1.15. The number of carbonyl (C=O) groups is 1. The molecule has 0 spiro atoms. The van der Waals surface area contributed by atoms with Crippen LogP contribution < -0.4 is 0 Å². The Bertz CT molecular complexity index is 387. The van der Waals surface area contributed by atoms with Crippen molar-refractivity contribution in [1.29, 1.82) is 0 Å². The Kier molecular flexibility index (Phi) is 3.88. The molecule has 2 aliphatic rings. The number of carbonyl (C=O) groups excluding carboxylic acids is 1. The first-order valence-electron chi connectivity index (χ1n) is 6.42. The maximum absolute atomic E-state index is 11.8. The van der Waals surface area contributed by atoms with E-state index in [9.17, 15) is 13.2 Å². The SMILES string of the molecule is CS(=O)(=O)N1CCCC(CC(=O)CC2CC2)C1. The number of rotatable bonds is 5. The molecule has 0 N–H and O–H groups in total. The lowest BCUT2D eigenvalue weighted by Crippen LogP contribution is -2.39. The minimum Gasteiger partial charge on any atom is -0.300 e. The first kappa shape index (κ1) is 13.0. The summed E-state index contributed by atoms with van der Waals surface area (Å²) in [7, 11) is -3.08. The number of hydrogen-bond acceptors (Lipinski definition) is 3. The molecule has 1 heterocycles.